The van der Waals surface area contributed by atoms with E-state index in [9.17, 15) is 9.59 Å². The fourth-order valence-corrected chi connectivity index (χ4v) is 1.81. The average Bonchev–Trinajstić information content (AvgIpc) is 2.16. The fourth-order valence-electron chi connectivity index (χ4n) is 1.81. The van der Waals surface area contributed by atoms with E-state index in [-0.39, 0.29) is 18.1 Å². The molecule has 1 fully saturated rings. The van der Waals surface area contributed by atoms with E-state index in [0.717, 1.165) is 32.5 Å². The van der Waals surface area contributed by atoms with Crippen molar-refractivity contribution in [3.63, 3.8) is 0 Å². The Morgan fingerprint density at radius 1 is 1.33 bits per heavy atom. The number of carbonyl (C=O) groups excluding carboxylic acids is 2. The van der Waals surface area contributed by atoms with E-state index >= 15 is 0 Å². The van der Waals surface area contributed by atoms with Crippen molar-refractivity contribution in [3.8, 4) is 0 Å². The highest BCUT2D eigenvalue weighted by Gasteiger charge is 2.17. The quantitative estimate of drug-likeness (QED) is 0.687. The molecule has 0 saturated carbocycles. The summed E-state index contributed by atoms with van der Waals surface area (Å²) in [4.78, 5) is 24.2. The van der Waals surface area contributed by atoms with Gasteiger partial charge in [0.1, 0.15) is 5.78 Å². The third-order valence-electron chi connectivity index (χ3n) is 2.84. The molecular formula is C11H20N2O2. The molecule has 1 amide bonds. The Morgan fingerprint density at radius 3 is 2.47 bits per heavy atom. The second-order valence-corrected chi connectivity index (χ2v) is 4.43. The Hall–Kier alpha value is -0.900. The zero-order valence-corrected chi connectivity index (χ0v) is 9.58. The summed E-state index contributed by atoms with van der Waals surface area (Å²) in [7, 11) is 2.12. The van der Waals surface area contributed by atoms with Gasteiger partial charge in [-0.15, -0.1) is 0 Å². The number of hydrogen-bond acceptors (Lipinski definition) is 3. The first-order chi connectivity index (χ1) is 7.08. The molecule has 1 rings (SSSR count). The minimum Gasteiger partial charge on any atom is -0.355 e. The van der Waals surface area contributed by atoms with Gasteiger partial charge < -0.3 is 10.2 Å². The van der Waals surface area contributed by atoms with Crippen LogP contribution in [0.15, 0.2) is 0 Å². The van der Waals surface area contributed by atoms with Crippen molar-refractivity contribution in [1.29, 1.82) is 0 Å². The molecule has 0 aromatic rings. The molecular weight excluding hydrogens is 192 g/mol. The lowest BCUT2D eigenvalue weighted by Gasteiger charge is -2.28. The summed E-state index contributed by atoms with van der Waals surface area (Å²) >= 11 is 0. The molecule has 86 valence electrons. The van der Waals surface area contributed by atoms with Crippen molar-refractivity contribution in [2.75, 3.05) is 26.7 Å². The molecule has 15 heavy (non-hydrogen) atoms. The molecule has 1 heterocycles. The summed E-state index contributed by atoms with van der Waals surface area (Å²) < 4.78 is 0. The lowest BCUT2D eigenvalue weighted by Crippen LogP contribution is -2.37. The van der Waals surface area contributed by atoms with Gasteiger partial charge in [-0.25, -0.2) is 0 Å². The zero-order valence-electron chi connectivity index (χ0n) is 9.58. The number of ketones is 1. The van der Waals surface area contributed by atoms with Gasteiger partial charge in [0.25, 0.3) is 0 Å². The van der Waals surface area contributed by atoms with Gasteiger partial charge in [-0.2, -0.15) is 0 Å². The highest BCUT2D eigenvalue weighted by atomic mass is 16.2. The zero-order chi connectivity index (χ0) is 11.3. The van der Waals surface area contributed by atoms with Gasteiger partial charge in [0.15, 0.2) is 0 Å². The Kier molecular flexibility index (Phi) is 4.75. The van der Waals surface area contributed by atoms with Crippen molar-refractivity contribution in [3.05, 3.63) is 0 Å². The first-order valence-corrected chi connectivity index (χ1v) is 5.52. The van der Waals surface area contributed by atoms with Crippen LogP contribution in [0.25, 0.3) is 0 Å². The number of amides is 1. The van der Waals surface area contributed by atoms with Crippen LogP contribution in [0.2, 0.25) is 0 Å². The van der Waals surface area contributed by atoms with Crippen LogP contribution in [0.5, 0.6) is 0 Å². The van der Waals surface area contributed by atoms with Gasteiger partial charge in [0, 0.05) is 6.54 Å². The lowest BCUT2D eigenvalue weighted by molar-refractivity contribution is -0.127. The molecule has 1 aliphatic heterocycles. The number of rotatable bonds is 4. The SMILES string of the molecule is CC(=O)CC(=O)NCC1CCN(C)CC1. The second kappa shape index (κ2) is 5.85. The first kappa shape index (κ1) is 12.2. The predicted molar refractivity (Wildman–Crippen MR) is 58.5 cm³/mol. The third-order valence-corrected chi connectivity index (χ3v) is 2.84. The molecule has 0 bridgehead atoms. The van der Waals surface area contributed by atoms with E-state index in [2.05, 4.69) is 17.3 Å². The second-order valence-electron chi connectivity index (χ2n) is 4.43. The van der Waals surface area contributed by atoms with E-state index in [4.69, 9.17) is 0 Å². The molecule has 0 radical (unpaired) electrons. The van der Waals surface area contributed by atoms with Gasteiger partial charge >= 0.3 is 0 Å². The van der Waals surface area contributed by atoms with Crippen LogP contribution < -0.4 is 5.32 Å². The van der Waals surface area contributed by atoms with Crippen molar-refractivity contribution >= 4 is 11.7 Å². The topological polar surface area (TPSA) is 49.4 Å². The number of carbonyl (C=O) groups is 2. The predicted octanol–water partition coefficient (Wildman–Crippen LogP) is 0.424. The molecule has 4 heteroatoms. The summed E-state index contributed by atoms with van der Waals surface area (Å²) in [6.07, 6.45) is 2.29. The van der Waals surface area contributed by atoms with Crippen molar-refractivity contribution < 1.29 is 9.59 Å². The first-order valence-electron chi connectivity index (χ1n) is 5.52. The molecule has 0 unspecified atom stereocenters. The summed E-state index contributed by atoms with van der Waals surface area (Å²) in [5, 5.41) is 2.82. The third kappa shape index (κ3) is 4.93. The van der Waals surface area contributed by atoms with E-state index < -0.39 is 0 Å². The normalized spacial score (nSPS) is 18.8. The smallest absolute Gasteiger partial charge is 0.227 e. The van der Waals surface area contributed by atoms with Crippen LogP contribution >= 0.6 is 0 Å². The summed E-state index contributed by atoms with van der Waals surface area (Å²) in [6, 6.07) is 0. The molecule has 1 aliphatic rings. The minimum atomic E-state index is -0.138. The van der Waals surface area contributed by atoms with Crippen molar-refractivity contribution in [1.82, 2.24) is 10.2 Å². The highest BCUT2D eigenvalue weighted by Crippen LogP contribution is 2.14. The molecule has 0 aliphatic carbocycles. The van der Waals surface area contributed by atoms with E-state index in [1.54, 1.807) is 0 Å². The van der Waals surface area contributed by atoms with Gasteiger partial charge in [-0.05, 0) is 45.8 Å². The van der Waals surface area contributed by atoms with Crippen LogP contribution in [-0.4, -0.2) is 43.3 Å². The summed E-state index contributed by atoms with van der Waals surface area (Å²) in [5.41, 5.74) is 0. The van der Waals surface area contributed by atoms with Gasteiger partial charge in [0.2, 0.25) is 5.91 Å². The maximum Gasteiger partial charge on any atom is 0.227 e. The Labute approximate surface area is 91.0 Å². The number of nitrogens with zero attached hydrogens (tertiary/aromatic N) is 1. The fraction of sp³-hybridized carbons (Fsp3) is 0.818. The number of piperidine rings is 1. The molecule has 0 aromatic heterocycles. The summed E-state index contributed by atoms with van der Waals surface area (Å²) in [6.45, 7) is 4.37. The number of nitrogens with one attached hydrogen (secondary N) is 1. The molecule has 0 atom stereocenters. The monoisotopic (exact) mass is 212 g/mol. The maximum atomic E-state index is 11.2. The number of hydrogen-bond donors (Lipinski definition) is 1. The number of likely N-dealkylation sites (tertiary alicyclic amines) is 1. The van der Waals surface area contributed by atoms with Gasteiger partial charge in [-0.1, -0.05) is 0 Å². The molecule has 0 spiro atoms. The highest BCUT2D eigenvalue weighted by molar-refractivity contribution is 5.96. The molecule has 1 N–H and O–H groups in total. The van der Waals surface area contributed by atoms with Gasteiger partial charge in [-0.3, -0.25) is 9.59 Å². The van der Waals surface area contributed by atoms with Crippen molar-refractivity contribution in [2.24, 2.45) is 5.92 Å². The van der Waals surface area contributed by atoms with Crippen molar-refractivity contribution in [2.45, 2.75) is 26.2 Å². The van der Waals surface area contributed by atoms with Crippen LogP contribution in [0.3, 0.4) is 0 Å². The molecule has 1 saturated heterocycles. The van der Waals surface area contributed by atoms with Crippen LogP contribution in [0, 0.1) is 5.92 Å². The average molecular weight is 212 g/mol. The maximum absolute atomic E-state index is 11.2. The van der Waals surface area contributed by atoms with Crippen LogP contribution in [0.4, 0.5) is 0 Å². The molecule has 0 aromatic carbocycles. The largest absolute Gasteiger partial charge is 0.355 e. The van der Waals surface area contributed by atoms with E-state index in [1.807, 2.05) is 0 Å². The summed E-state index contributed by atoms with van der Waals surface area (Å²) in [5.74, 6) is 0.370. The Bertz CT molecular complexity index is 233. The standard InChI is InChI=1S/C11H20N2O2/c1-9(14)7-11(15)12-8-10-3-5-13(2)6-4-10/h10H,3-8H2,1-2H3,(H,12,15). The minimum absolute atomic E-state index is 0.0205. The Balaban J connectivity index is 2.14. The number of Topliss-reactive ketones (excluding diaryl/α,β-unsaturated/α-hetero) is 1. The molecule has 4 nitrogen and oxygen atoms in total. The van der Waals surface area contributed by atoms with Crippen LogP contribution in [0.1, 0.15) is 26.2 Å². The Morgan fingerprint density at radius 2 is 1.93 bits per heavy atom. The van der Waals surface area contributed by atoms with E-state index in [0.29, 0.717) is 5.92 Å². The van der Waals surface area contributed by atoms with Gasteiger partial charge in [0.05, 0.1) is 6.42 Å². The van der Waals surface area contributed by atoms with Crippen LogP contribution in [-0.2, 0) is 9.59 Å². The lowest BCUT2D eigenvalue weighted by atomic mass is 9.97. The van der Waals surface area contributed by atoms with E-state index in [1.165, 1.54) is 6.92 Å².